The summed E-state index contributed by atoms with van der Waals surface area (Å²) in [6.07, 6.45) is 0. The fourth-order valence-corrected chi connectivity index (χ4v) is 23.9. The summed E-state index contributed by atoms with van der Waals surface area (Å²) in [5.41, 5.74) is 0. The van der Waals surface area contributed by atoms with E-state index >= 15 is 0 Å². The van der Waals surface area contributed by atoms with Gasteiger partial charge in [0.25, 0.3) is 0 Å². The van der Waals surface area contributed by atoms with Gasteiger partial charge in [0.05, 0.1) is 14.7 Å². The molecule has 0 bridgehead atoms. The molecule has 1 aromatic carbocycles. The lowest BCUT2D eigenvalue weighted by Gasteiger charge is -2.41. The van der Waals surface area contributed by atoms with E-state index in [1.54, 1.807) is 12.3 Å². The quantitative estimate of drug-likeness (QED) is 0.770. The molecule has 0 amide bonds. The Hall–Kier alpha value is -0.329. The van der Waals surface area contributed by atoms with Gasteiger partial charge >= 0.3 is 0 Å². The minimum atomic E-state index is -1.28. The predicted octanol–water partition coefficient (Wildman–Crippen LogP) is 3.23. The van der Waals surface area contributed by atoms with Gasteiger partial charge in [-0.25, -0.2) is 0 Å². The number of ether oxygens (including phenoxy) is 1. The third kappa shape index (κ3) is 2.74. The zero-order chi connectivity index (χ0) is 13.3. The topological polar surface area (TPSA) is 9.23 Å². The van der Waals surface area contributed by atoms with Crippen molar-refractivity contribution < 1.29 is 4.74 Å². The Kier molecular flexibility index (Phi) is 4.43. The summed E-state index contributed by atoms with van der Waals surface area (Å²) in [7, 11) is -0.783. The molecular formula is C13H25OSi3. The van der Waals surface area contributed by atoms with Crippen LogP contribution in [0.15, 0.2) is 24.3 Å². The number of rotatable bonds is 4. The van der Waals surface area contributed by atoms with E-state index in [0.29, 0.717) is 0 Å². The van der Waals surface area contributed by atoms with Gasteiger partial charge in [-0.15, -0.1) is 0 Å². The first-order valence-corrected chi connectivity index (χ1v) is 16.7. The van der Waals surface area contributed by atoms with Crippen LogP contribution in [0, 0.1) is 0 Å². The summed E-state index contributed by atoms with van der Waals surface area (Å²) in [6.45, 7) is 15.3. The average molecular weight is 282 g/mol. The zero-order valence-corrected chi connectivity index (χ0v) is 15.2. The molecule has 0 atom stereocenters. The smallest absolute Gasteiger partial charge is 0.118 e. The maximum Gasteiger partial charge on any atom is 0.118 e. The van der Waals surface area contributed by atoms with E-state index in [2.05, 4.69) is 63.5 Å². The monoisotopic (exact) mass is 281 g/mol. The van der Waals surface area contributed by atoms with Crippen LogP contribution in [0.2, 0.25) is 39.3 Å². The molecule has 0 aliphatic carbocycles. The Bertz CT molecular complexity index is 369. The van der Waals surface area contributed by atoms with Gasteiger partial charge < -0.3 is 4.74 Å². The van der Waals surface area contributed by atoms with Gasteiger partial charge in [-0.1, -0.05) is 56.6 Å². The highest BCUT2D eigenvalue weighted by Crippen LogP contribution is 2.22. The second-order valence-corrected chi connectivity index (χ2v) is 30.8. The van der Waals surface area contributed by atoms with Crippen LogP contribution in [0.25, 0.3) is 0 Å². The maximum absolute atomic E-state index is 5.25. The van der Waals surface area contributed by atoms with Crippen LogP contribution in [0.3, 0.4) is 0 Å². The Morgan fingerprint density at radius 3 is 1.76 bits per heavy atom. The van der Waals surface area contributed by atoms with Crippen molar-refractivity contribution in [2.24, 2.45) is 0 Å². The molecule has 1 radical (unpaired) electrons. The third-order valence-corrected chi connectivity index (χ3v) is 39.9. The van der Waals surface area contributed by atoms with Crippen molar-refractivity contribution in [2.45, 2.75) is 39.3 Å². The molecule has 17 heavy (non-hydrogen) atoms. The number of hydrogen-bond donors (Lipinski definition) is 0. The minimum Gasteiger partial charge on any atom is -0.497 e. The van der Waals surface area contributed by atoms with Gasteiger partial charge in [0.2, 0.25) is 0 Å². The molecule has 0 N–H and O–H groups in total. The Morgan fingerprint density at radius 2 is 1.41 bits per heavy atom. The third-order valence-electron chi connectivity index (χ3n) is 4.62. The summed E-state index contributed by atoms with van der Waals surface area (Å²) in [4.78, 5) is 0. The summed E-state index contributed by atoms with van der Waals surface area (Å²) >= 11 is 0. The van der Waals surface area contributed by atoms with Crippen molar-refractivity contribution in [2.75, 3.05) is 7.11 Å². The van der Waals surface area contributed by atoms with Crippen LogP contribution < -0.4 is 9.92 Å². The molecule has 4 heteroatoms. The average Bonchev–Trinajstić information content (AvgIpc) is 2.28. The van der Waals surface area contributed by atoms with E-state index in [9.17, 15) is 0 Å². The molecule has 0 saturated carbocycles. The molecule has 1 rings (SSSR count). The summed E-state index contributed by atoms with van der Waals surface area (Å²) in [5, 5.41) is 1.60. The Morgan fingerprint density at radius 1 is 0.941 bits per heavy atom. The number of hydrogen-bond acceptors (Lipinski definition) is 1. The molecule has 95 valence electrons. The lowest BCUT2D eigenvalue weighted by atomic mass is 10.3. The van der Waals surface area contributed by atoms with Crippen molar-refractivity contribution >= 4 is 28.2 Å². The largest absolute Gasteiger partial charge is 0.497 e. The molecule has 0 saturated heterocycles. The normalized spacial score (nSPS) is 12.9. The minimum absolute atomic E-state index is 0.161. The fraction of sp³-hybridized carbons (Fsp3) is 0.538. The second kappa shape index (κ2) is 5.12. The molecule has 0 heterocycles. The SMILES string of the molecule is COc1ccc([Si](C)(C)[Si](C)(C)[Si](C)C)cc1. The molecule has 0 aromatic heterocycles. The summed E-state index contributed by atoms with van der Waals surface area (Å²) < 4.78 is 5.25. The van der Waals surface area contributed by atoms with Crippen molar-refractivity contribution in [1.29, 1.82) is 0 Å². The molecule has 0 fully saturated rings. The van der Waals surface area contributed by atoms with Gasteiger partial charge in [0.1, 0.15) is 5.75 Å². The van der Waals surface area contributed by atoms with Crippen LogP contribution in [0.5, 0.6) is 5.75 Å². The van der Waals surface area contributed by atoms with E-state index in [1.807, 2.05) is 0 Å². The van der Waals surface area contributed by atoms with Crippen molar-refractivity contribution in [3.63, 3.8) is 0 Å². The van der Waals surface area contributed by atoms with Crippen LogP contribution in [-0.4, -0.2) is 30.1 Å². The first kappa shape index (κ1) is 14.7. The molecular weight excluding hydrogens is 256 g/mol. The fourth-order valence-electron chi connectivity index (χ4n) is 1.99. The van der Waals surface area contributed by atoms with E-state index in [0.717, 1.165) is 5.75 Å². The highest BCUT2D eigenvalue weighted by Gasteiger charge is 2.44. The first-order valence-electron chi connectivity index (χ1n) is 6.18. The van der Waals surface area contributed by atoms with E-state index in [1.165, 1.54) is 0 Å². The molecule has 0 spiro atoms. The highest BCUT2D eigenvalue weighted by atomic mass is 29.6. The lowest BCUT2D eigenvalue weighted by molar-refractivity contribution is 0.415. The predicted molar refractivity (Wildman–Crippen MR) is 85.1 cm³/mol. The van der Waals surface area contributed by atoms with Crippen LogP contribution >= 0.6 is 0 Å². The van der Waals surface area contributed by atoms with E-state index in [4.69, 9.17) is 4.74 Å². The van der Waals surface area contributed by atoms with E-state index in [-0.39, 0.29) is 8.31 Å². The molecule has 0 unspecified atom stereocenters. The Balaban J connectivity index is 3.12. The molecule has 1 aromatic rings. The van der Waals surface area contributed by atoms with Gasteiger partial charge in [-0.05, 0) is 12.1 Å². The van der Waals surface area contributed by atoms with Crippen LogP contribution in [0.4, 0.5) is 0 Å². The van der Waals surface area contributed by atoms with Gasteiger partial charge in [0, 0.05) is 15.4 Å². The number of methoxy groups -OCH3 is 1. The first-order chi connectivity index (χ1) is 7.73. The highest BCUT2D eigenvalue weighted by molar-refractivity contribution is 7.66. The van der Waals surface area contributed by atoms with Crippen molar-refractivity contribution in [3.8, 4) is 5.75 Å². The molecule has 0 aliphatic heterocycles. The Labute approximate surface area is 109 Å². The van der Waals surface area contributed by atoms with Crippen molar-refractivity contribution in [3.05, 3.63) is 24.3 Å². The molecule has 0 aliphatic rings. The lowest BCUT2D eigenvalue weighted by Crippen LogP contribution is -2.69. The van der Waals surface area contributed by atoms with Gasteiger partial charge in [-0.2, -0.15) is 0 Å². The van der Waals surface area contributed by atoms with Gasteiger partial charge in [-0.3, -0.25) is 0 Å². The summed E-state index contributed by atoms with van der Waals surface area (Å²) in [6, 6.07) is 8.83. The maximum atomic E-state index is 5.25. The summed E-state index contributed by atoms with van der Waals surface area (Å²) in [5.74, 6) is 0.969. The standard InChI is InChI=1S/C13H25OSi3/c1-14-12-8-10-13(11-9-12)16(4,5)17(6,7)15(2)3/h8-11H,1-7H3. The van der Waals surface area contributed by atoms with Crippen molar-refractivity contribution in [1.82, 2.24) is 0 Å². The van der Waals surface area contributed by atoms with Crippen LogP contribution in [-0.2, 0) is 0 Å². The second-order valence-electron chi connectivity index (χ2n) is 5.98. The number of benzene rings is 1. The molecule has 1 nitrogen and oxygen atoms in total. The van der Waals surface area contributed by atoms with Crippen LogP contribution in [0.1, 0.15) is 0 Å². The van der Waals surface area contributed by atoms with E-state index < -0.39 is 14.7 Å². The van der Waals surface area contributed by atoms with Gasteiger partial charge in [0.15, 0.2) is 0 Å². The zero-order valence-electron chi connectivity index (χ0n) is 12.2.